The molecular weight excluding hydrogens is 450 g/mol. The van der Waals surface area contributed by atoms with Crippen LogP contribution in [0.2, 0.25) is 0 Å². The predicted octanol–water partition coefficient (Wildman–Crippen LogP) is 5.76. The Labute approximate surface area is 208 Å². The first-order chi connectivity index (χ1) is 15.8. The van der Waals surface area contributed by atoms with Crippen LogP contribution in [-0.2, 0) is 6.42 Å². The molecule has 3 N–H and O–H groups in total. The summed E-state index contributed by atoms with van der Waals surface area (Å²) in [6.07, 6.45) is 0.153. The first-order valence-electron chi connectivity index (χ1n) is 11.4. The van der Waals surface area contributed by atoms with E-state index in [9.17, 15) is 15.0 Å². The maximum atomic E-state index is 11.5. The molecule has 0 amide bonds. The number of aliphatic hydroxyl groups excluding tert-OH is 1. The van der Waals surface area contributed by atoms with Gasteiger partial charge in [-0.25, -0.2) is 4.79 Å². The van der Waals surface area contributed by atoms with Crippen molar-refractivity contribution in [1.82, 2.24) is 5.32 Å². The second-order valence-electron chi connectivity index (χ2n) is 8.75. The van der Waals surface area contributed by atoms with Gasteiger partial charge < -0.3 is 20.3 Å². The molecule has 0 spiro atoms. The highest BCUT2D eigenvalue weighted by Crippen LogP contribution is 2.26. The lowest BCUT2D eigenvalue weighted by Crippen LogP contribution is -2.35. The molecule has 0 aliphatic carbocycles. The number of benzene rings is 3. The standard InChI is InChI=1S/C28H33NO4.ClH/c1-19(2)17-24-18-23(11-14-26(24)28(31)32)21-9-12-25(13-10-21)33-16-15-29-20(3)27(30)22-7-5-4-6-8-22;/h4-14,18-20,27,29-30H,15-17H2,1-3H3,(H,31,32);1H/t20-,27-;/m0./s1. The largest absolute Gasteiger partial charge is 0.492 e. The number of carbonyl (C=O) groups is 1. The number of carboxylic acids is 1. The molecule has 182 valence electrons. The molecule has 6 heteroatoms. The van der Waals surface area contributed by atoms with E-state index in [0.717, 1.165) is 34.4 Å². The van der Waals surface area contributed by atoms with Gasteiger partial charge in [-0.1, -0.05) is 68.4 Å². The molecule has 2 atom stereocenters. The zero-order valence-electron chi connectivity index (χ0n) is 19.9. The van der Waals surface area contributed by atoms with Gasteiger partial charge in [0.25, 0.3) is 0 Å². The Hall–Kier alpha value is -2.86. The van der Waals surface area contributed by atoms with Crippen LogP contribution < -0.4 is 10.1 Å². The molecule has 34 heavy (non-hydrogen) atoms. The van der Waals surface area contributed by atoms with E-state index < -0.39 is 12.1 Å². The van der Waals surface area contributed by atoms with E-state index in [1.165, 1.54) is 0 Å². The summed E-state index contributed by atoms with van der Waals surface area (Å²) in [5.74, 6) is 0.251. The molecule has 0 bridgehead atoms. The van der Waals surface area contributed by atoms with Crippen molar-refractivity contribution >= 4 is 18.4 Å². The van der Waals surface area contributed by atoms with Crippen LogP contribution >= 0.6 is 12.4 Å². The van der Waals surface area contributed by atoms with E-state index >= 15 is 0 Å². The summed E-state index contributed by atoms with van der Waals surface area (Å²) in [6.45, 7) is 7.22. The fourth-order valence-electron chi connectivity index (χ4n) is 3.84. The van der Waals surface area contributed by atoms with Crippen LogP contribution in [-0.4, -0.2) is 35.4 Å². The third-order valence-electron chi connectivity index (χ3n) is 5.60. The lowest BCUT2D eigenvalue weighted by atomic mass is 9.93. The molecule has 0 saturated heterocycles. The van der Waals surface area contributed by atoms with Crippen molar-refractivity contribution in [2.75, 3.05) is 13.2 Å². The van der Waals surface area contributed by atoms with E-state index in [1.807, 2.05) is 73.7 Å². The van der Waals surface area contributed by atoms with Gasteiger partial charge in [-0.15, -0.1) is 12.4 Å². The Morgan fingerprint density at radius 3 is 2.21 bits per heavy atom. The second kappa shape index (κ2) is 13.1. The summed E-state index contributed by atoms with van der Waals surface area (Å²) < 4.78 is 5.84. The van der Waals surface area contributed by atoms with Gasteiger partial charge in [0.15, 0.2) is 0 Å². The molecule has 0 saturated carbocycles. The van der Waals surface area contributed by atoms with Gasteiger partial charge in [0.05, 0.1) is 11.7 Å². The van der Waals surface area contributed by atoms with Crippen LogP contribution in [0.1, 0.15) is 48.4 Å². The number of halogens is 1. The summed E-state index contributed by atoms with van der Waals surface area (Å²) in [4.78, 5) is 11.5. The van der Waals surface area contributed by atoms with Gasteiger partial charge in [-0.2, -0.15) is 0 Å². The van der Waals surface area contributed by atoms with Crippen LogP contribution in [0.3, 0.4) is 0 Å². The molecule has 3 aromatic rings. The molecule has 5 nitrogen and oxygen atoms in total. The number of hydrogen-bond acceptors (Lipinski definition) is 4. The number of aliphatic hydroxyl groups is 1. The first-order valence-corrected chi connectivity index (χ1v) is 11.4. The van der Waals surface area contributed by atoms with E-state index in [0.29, 0.717) is 24.6 Å². The number of aromatic carboxylic acids is 1. The minimum atomic E-state index is -0.889. The molecular formula is C28H34ClNO4. The molecule has 0 unspecified atom stereocenters. The minimum Gasteiger partial charge on any atom is -0.492 e. The predicted molar refractivity (Wildman–Crippen MR) is 139 cm³/mol. The average molecular weight is 484 g/mol. The van der Waals surface area contributed by atoms with Crippen molar-refractivity contribution in [3.05, 3.63) is 89.5 Å². The lowest BCUT2D eigenvalue weighted by molar-refractivity contribution is 0.0695. The molecule has 0 radical (unpaired) electrons. The van der Waals surface area contributed by atoms with E-state index in [1.54, 1.807) is 6.07 Å². The van der Waals surface area contributed by atoms with Crippen LogP contribution in [0.5, 0.6) is 5.75 Å². The highest BCUT2D eigenvalue weighted by atomic mass is 35.5. The van der Waals surface area contributed by atoms with Crippen LogP contribution in [0.4, 0.5) is 0 Å². The Morgan fingerprint density at radius 2 is 1.59 bits per heavy atom. The number of carboxylic acid groups (broad SMARTS) is 1. The summed E-state index contributed by atoms with van der Waals surface area (Å²) >= 11 is 0. The van der Waals surface area contributed by atoms with Crippen LogP contribution in [0, 0.1) is 5.92 Å². The third kappa shape index (κ3) is 7.59. The maximum Gasteiger partial charge on any atom is 0.335 e. The highest BCUT2D eigenvalue weighted by molar-refractivity contribution is 5.90. The average Bonchev–Trinajstić information content (AvgIpc) is 2.81. The van der Waals surface area contributed by atoms with Crippen molar-refractivity contribution in [1.29, 1.82) is 0 Å². The third-order valence-corrected chi connectivity index (χ3v) is 5.60. The Balaban J connectivity index is 0.00000408. The van der Waals surface area contributed by atoms with Crippen molar-refractivity contribution in [2.45, 2.75) is 39.3 Å². The van der Waals surface area contributed by atoms with Gasteiger partial charge in [0.2, 0.25) is 0 Å². The Kier molecular flexibility index (Phi) is 10.6. The second-order valence-corrected chi connectivity index (χ2v) is 8.75. The van der Waals surface area contributed by atoms with Gasteiger partial charge in [-0.05, 0) is 59.7 Å². The summed E-state index contributed by atoms with van der Waals surface area (Å²) in [5, 5.41) is 23.2. The molecule has 0 aliphatic rings. The zero-order chi connectivity index (χ0) is 23.8. The SMILES string of the molecule is CC(C)Cc1cc(-c2ccc(OCCN[C@@H](C)[C@H](O)c3ccccc3)cc2)ccc1C(=O)O.Cl. The molecule has 0 aromatic heterocycles. The van der Waals surface area contributed by atoms with E-state index in [2.05, 4.69) is 19.2 Å². The number of rotatable bonds is 11. The van der Waals surface area contributed by atoms with Crippen LogP contribution in [0.15, 0.2) is 72.8 Å². The van der Waals surface area contributed by atoms with Crippen molar-refractivity contribution < 1.29 is 19.7 Å². The van der Waals surface area contributed by atoms with Gasteiger partial charge in [0.1, 0.15) is 12.4 Å². The van der Waals surface area contributed by atoms with E-state index in [4.69, 9.17) is 4.74 Å². The first kappa shape index (κ1) is 27.4. The van der Waals surface area contributed by atoms with Crippen molar-refractivity contribution in [3.8, 4) is 16.9 Å². The van der Waals surface area contributed by atoms with Gasteiger partial charge in [-0.3, -0.25) is 0 Å². The molecule has 0 fully saturated rings. The summed E-state index contributed by atoms with van der Waals surface area (Å²) in [7, 11) is 0. The Morgan fingerprint density at radius 1 is 0.941 bits per heavy atom. The fourth-order valence-corrected chi connectivity index (χ4v) is 3.84. The summed E-state index contributed by atoms with van der Waals surface area (Å²) in [6, 6.07) is 22.9. The lowest BCUT2D eigenvalue weighted by Gasteiger charge is -2.20. The monoisotopic (exact) mass is 483 g/mol. The normalized spacial score (nSPS) is 12.6. The Bertz CT molecular complexity index is 1040. The summed E-state index contributed by atoms with van der Waals surface area (Å²) in [5.41, 5.74) is 4.12. The number of nitrogens with one attached hydrogen (secondary N) is 1. The van der Waals surface area contributed by atoms with Gasteiger partial charge in [0, 0.05) is 12.6 Å². The quantitative estimate of drug-likeness (QED) is 0.302. The fraction of sp³-hybridized carbons (Fsp3) is 0.321. The molecule has 3 aromatic carbocycles. The number of hydrogen-bond donors (Lipinski definition) is 3. The highest BCUT2D eigenvalue weighted by Gasteiger charge is 2.15. The molecule has 0 heterocycles. The maximum absolute atomic E-state index is 11.5. The topological polar surface area (TPSA) is 78.8 Å². The van der Waals surface area contributed by atoms with Crippen LogP contribution in [0.25, 0.3) is 11.1 Å². The molecule has 0 aliphatic heterocycles. The minimum absolute atomic E-state index is 0. The van der Waals surface area contributed by atoms with Crippen molar-refractivity contribution in [3.63, 3.8) is 0 Å². The zero-order valence-corrected chi connectivity index (χ0v) is 20.7. The molecule has 3 rings (SSSR count). The smallest absolute Gasteiger partial charge is 0.335 e. The number of ether oxygens (including phenoxy) is 1. The van der Waals surface area contributed by atoms with Gasteiger partial charge >= 0.3 is 5.97 Å². The van der Waals surface area contributed by atoms with Crippen molar-refractivity contribution in [2.24, 2.45) is 5.92 Å². The van der Waals surface area contributed by atoms with E-state index in [-0.39, 0.29) is 18.4 Å².